The Balaban J connectivity index is 1.45. The Bertz CT molecular complexity index is 675. The summed E-state index contributed by atoms with van der Waals surface area (Å²) in [6.07, 6.45) is 7.66. The zero-order valence-corrected chi connectivity index (χ0v) is 15.8. The van der Waals surface area contributed by atoms with E-state index in [4.69, 9.17) is 4.74 Å². The number of ether oxygens (including phenoxy) is 1. The lowest BCUT2D eigenvalue weighted by Crippen LogP contribution is -2.44. The Labute approximate surface area is 158 Å². The van der Waals surface area contributed by atoms with Crippen molar-refractivity contribution in [3.05, 3.63) is 28.5 Å². The molecule has 1 aliphatic carbocycles. The van der Waals surface area contributed by atoms with Gasteiger partial charge in [0.25, 0.3) is 0 Å². The molecular weight excluding hydrogens is 348 g/mol. The summed E-state index contributed by atoms with van der Waals surface area (Å²) in [4.78, 5) is 28.5. The highest BCUT2D eigenvalue weighted by atomic mass is 32.1. The zero-order valence-electron chi connectivity index (χ0n) is 15.0. The number of hydrogen-bond acceptors (Lipinski definition) is 4. The Morgan fingerprint density at radius 2 is 2.15 bits per heavy atom. The Hall–Kier alpha value is -1.66. The lowest BCUT2D eigenvalue weighted by Gasteiger charge is -2.37. The van der Waals surface area contributed by atoms with Crippen LogP contribution in [-0.2, 0) is 14.3 Å². The SMILES string of the molecule is O=C(NCC1CC1)C1CN(C(=O)/C=C/c2cccs2)CC12CCOCC2. The van der Waals surface area contributed by atoms with Gasteiger partial charge in [-0.25, -0.2) is 0 Å². The van der Waals surface area contributed by atoms with Crippen molar-refractivity contribution < 1.29 is 14.3 Å². The topological polar surface area (TPSA) is 58.6 Å². The van der Waals surface area contributed by atoms with Gasteiger partial charge in [-0.05, 0) is 49.1 Å². The number of amides is 2. The van der Waals surface area contributed by atoms with Crippen LogP contribution in [0.25, 0.3) is 6.08 Å². The van der Waals surface area contributed by atoms with Crippen LogP contribution in [0.2, 0.25) is 0 Å². The van der Waals surface area contributed by atoms with Crippen LogP contribution in [0.5, 0.6) is 0 Å². The first-order chi connectivity index (χ1) is 12.7. The van der Waals surface area contributed by atoms with Crippen LogP contribution in [-0.4, -0.2) is 49.6 Å². The molecular formula is C20H26N2O3S. The van der Waals surface area contributed by atoms with E-state index in [9.17, 15) is 9.59 Å². The van der Waals surface area contributed by atoms with E-state index in [2.05, 4.69) is 5.32 Å². The summed E-state index contributed by atoms with van der Waals surface area (Å²) >= 11 is 1.61. The van der Waals surface area contributed by atoms with Crippen molar-refractivity contribution in [2.75, 3.05) is 32.8 Å². The first kappa shape index (κ1) is 17.7. The Kier molecular flexibility index (Phi) is 5.14. The predicted octanol–water partition coefficient (Wildman–Crippen LogP) is 2.54. The van der Waals surface area contributed by atoms with Crippen LogP contribution in [0.15, 0.2) is 23.6 Å². The van der Waals surface area contributed by atoms with E-state index >= 15 is 0 Å². The van der Waals surface area contributed by atoms with Gasteiger partial charge in [0.2, 0.25) is 11.8 Å². The van der Waals surface area contributed by atoms with E-state index in [-0.39, 0.29) is 23.1 Å². The molecule has 1 aromatic rings. The first-order valence-corrected chi connectivity index (χ1v) is 10.4. The molecule has 3 aliphatic rings. The van der Waals surface area contributed by atoms with Crippen molar-refractivity contribution >= 4 is 29.2 Å². The molecule has 1 N–H and O–H groups in total. The number of hydrogen-bond donors (Lipinski definition) is 1. The predicted molar refractivity (Wildman–Crippen MR) is 102 cm³/mol. The van der Waals surface area contributed by atoms with Crippen LogP contribution in [0.3, 0.4) is 0 Å². The molecule has 1 saturated carbocycles. The van der Waals surface area contributed by atoms with Crippen LogP contribution >= 0.6 is 11.3 Å². The van der Waals surface area contributed by atoms with E-state index in [1.165, 1.54) is 12.8 Å². The summed E-state index contributed by atoms with van der Waals surface area (Å²) in [6, 6.07) is 3.97. The second kappa shape index (κ2) is 7.53. The standard InChI is InChI=1S/C20H26N2O3S/c23-18(6-5-16-2-1-11-26-16)22-13-17(19(24)21-12-15-3-4-15)20(14-22)7-9-25-10-8-20/h1-2,5-6,11,15,17H,3-4,7-10,12-14H2,(H,21,24)/b6-5+. The van der Waals surface area contributed by atoms with Crippen LogP contribution in [0.4, 0.5) is 0 Å². The molecule has 4 rings (SSSR count). The smallest absolute Gasteiger partial charge is 0.246 e. The minimum Gasteiger partial charge on any atom is -0.381 e. The summed E-state index contributed by atoms with van der Waals surface area (Å²) in [5.74, 6) is 0.666. The summed E-state index contributed by atoms with van der Waals surface area (Å²) in [6.45, 7) is 3.32. The van der Waals surface area contributed by atoms with Gasteiger partial charge < -0.3 is 15.0 Å². The molecule has 3 fully saturated rings. The van der Waals surface area contributed by atoms with Crippen molar-refractivity contribution in [1.82, 2.24) is 10.2 Å². The highest BCUT2D eigenvalue weighted by Gasteiger charge is 2.51. The second-order valence-corrected chi connectivity index (χ2v) is 8.76. The summed E-state index contributed by atoms with van der Waals surface area (Å²) in [7, 11) is 0. The minimum absolute atomic E-state index is 0.00163. The Morgan fingerprint density at radius 3 is 2.85 bits per heavy atom. The molecule has 0 radical (unpaired) electrons. The number of rotatable bonds is 5. The van der Waals surface area contributed by atoms with Crippen molar-refractivity contribution in [2.24, 2.45) is 17.3 Å². The van der Waals surface area contributed by atoms with E-state index in [0.29, 0.717) is 32.2 Å². The fourth-order valence-corrected chi connectivity index (χ4v) is 4.74. The maximum Gasteiger partial charge on any atom is 0.246 e. The molecule has 140 valence electrons. The number of thiophene rings is 1. The van der Waals surface area contributed by atoms with Gasteiger partial charge in [-0.2, -0.15) is 0 Å². The number of nitrogens with one attached hydrogen (secondary N) is 1. The first-order valence-electron chi connectivity index (χ1n) is 9.52. The van der Waals surface area contributed by atoms with E-state index < -0.39 is 0 Å². The Morgan fingerprint density at radius 1 is 1.35 bits per heavy atom. The average molecular weight is 375 g/mol. The zero-order chi connectivity index (χ0) is 18.0. The third kappa shape index (κ3) is 3.86. The molecule has 0 aromatic carbocycles. The third-order valence-corrected chi connectivity index (χ3v) is 6.80. The van der Waals surface area contributed by atoms with Crippen LogP contribution in [0, 0.1) is 17.3 Å². The molecule has 1 atom stereocenters. The van der Waals surface area contributed by atoms with Gasteiger partial charge in [-0.3, -0.25) is 9.59 Å². The van der Waals surface area contributed by atoms with Gasteiger partial charge in [0.15, 0.2) is 0 Å². The summed E-state index contributed by atoms with van der Waals surface area (Å²) in [5.41, 5.74) is -0.127. The molecule has 5 nitrogen and oxygen atoms in total. The third-order valence-electron chi connectivity index (χ3n) is 5.96. The summed E-state index contributed by atoms with van der Waals surface area (Å²) < 4.78 is 5.54. The number of nitrogens with zero attached hydrogens (tertiary/aromatic N) is 1. The molecule has 0 bridgehead atoms. The fourth-order valence-electron chi connectivity index (χ4n) is 4.12. The maximum absolute atomic E-state index is 12.9. The molecule has 6 heteroatoms. The van der Waals surface area contributed by atoms with E-state index in [1.54, 1.807) is 17.4 Å². The molecule has 2 saturated heterocycles. The van der Waals surface area contributed by atoms with Crippen LogP contribution < -0.4 is 5.32 Å². The fraction of sp³-hybridized carbons (Fsp3) is 0.600. The lowest BCUT2D eigenvalue weighted by atomic mass is 9.71. The number of carbonyl (C=O) groups excluding carboxylic acids is 2. The van der Waals surface area contributed by atoms with Gasteiger partial charge in [0, 0.05) is 49.2 Å². The van der Waals surface area contributed by atoms with Gasteiger partial charge in [-0.15, -0.1) is 11.3 Å². The molecule has 26 heavy (non-hydrogen) atoms. The van der Waals surface area contributed by atoms with Crippen molar-refractivity contribution in [1.29, 1.82) is 0 Å². The molecule has 2 amide bonds. The van der Waals surface area contributed by atoms with Gasteiger partial charge >= 0.3 is 0 Å². The largest absolute Gasteiger partial charge is 0.381 e. The van der Waals surface area contributed by atoms with Gasteiger partial charge in [0.05, 0.1) is 5.92 Å². The molecule has 2 aliphatic heterocycles. The highest BCUT2D eigenvalue weighted by Crippen LogP contribution is 2.44. The van der Waals surface area contributed by atoms with Gasteiger partial charge in [0.1, 0.15) is 0 Å². The normalized spacial score (nSPS) is 25.1. The maximum atomic E-state index is 12.9. The molecule has 3 heterocycles. The lowest BCUT2D eigenvalue weighted by molar-refractivity contribution is -0.129. The molecule has 1 aromatic heterocycles. The van der Waals surface area contributed by atoms with E-state index in [0.717, 1.165) is 24.3 Å². The van der Waals surface area contributed by atoms with Crippen LogP contribution in [0.1, 0.15) is 30.6 Å². The van der Waals surface area contributed by atoms with Gasteiger partial charge in [-0.1, -0.05) is 6.07 Å². The van der Waals surface area contributed by atoms with Crippen molar-refractivity contribution in [3.63, 3.8) is 0 Å². The molecule has 1 spiro atoms. The second-order valence-electron chi connectivity index (χ2n) is 7.78. The minimum atomic E-state index is -0.127. The van der Waals surface area contributed by atoms with Crippen molar-refractivity contribution in [3.8, 4) is 0 Å². The molecule has 1 unspecified atom stereocenters. The number of likely N-dealkylation sites (tertiary alicyclic amines) is 1. The quantitative estimate of drug-likeness (QED) is 0.806. The number of carbonyl (C=O) groups is 2. The average Bonchev–Trinajstić information content (AvgIpc) is 3.20. The highest BCUT2D eigenvalue weighted by molar-refractivity contribution is 7.10. The summed E-state index contributed by atoms with van der Waals surface area (Å²) in [5, 5.41) is 5.14. The van der Waals surface area contributed by atoms with E-state index in [1.807, 2.05) is 28.5 Å². The monoisotopic (exact) mass is 374 g/mol. The van der Waals surface area contributed by atoms with Crippen molar-refractivity contribution in [2.45, 2.75) is 25.7 Å².